The van der Waals surface area contributed by atoms with Crippen LogP contribution in [-0.2, 0) is 4.79 Å². The highest BCUT2D eigenvalue weighted by Gasteiger charge is 2.15. The van der Waals surface area contributed by atoms with Crippen molar-refractivity contribution in [3.8, 4) is 0 Å². The number of hydrogen-bond donors (Lipinski definition) is 3. The van der Waals surface area contributed by atoms with Gasteiger partial charge < -0.3 is 5.73 Å². The molecule has 114 valence electrons. The normalized spacial score (nSPS) is 11.7. The predicted molar refractivity (Wildman–Crippen MR) is 85.5 cm³/mol. The predicted octanol–water partition coefficient (Wildman–Crippen LogP) is 2.21. The summed E-state index contributed by atoms with van der Waals surface area (Å²) >= 11 is 6.04. The van der Waals surface area contributed by atoms with Crippen LogP contribution in [0.2, 0.25) is 5.02 Å². The van der Waals surface area contributed by atoms with Crippen LogP contribution in [0.25, 0.3) is 0 Å². The quantitative estimate of drug-likeness (QED) is 0.790. The van der Waals surface area contributed by atoms with Crippen molar-refractivity contribution in [1.29, 1.82) is 0 Å². The van der Waals surface area contributed by atoms with Gasteiger partial charge in [0.1, 0.15) is 0 Å². The molecule has 0 heterocycles. The first kappa shape index (κ1) is 16.0. The van der Waals surface area contributed by atoms with E-state index in [2.05, 4.69) is 5.32 Å². The number of nitrogens with two attached hydrogens (primary N) is 1. The van der Waals surface area contributed by atoms with E-state index in [1.807, 2.05) is 53.8 Å². The smallest absolute Gasteiger partial charge is 0.318 e. The molecule has 22 heavy (non-hydrogen) atoms. The standard InChI is InChI=1S/C16H16ClN3O2/c17-13-8-4-7-12(9-13)15(11-5-2-1-3-6-11)19-10-14(21)20-16(18)22/h1-9,15,19H,10H2,(H3,18,20,21,22)/t15-/m0/s1. The van der Waals surface area contributed by atoms with Crippen LogP contribution in [0.1, 0.15) is 17.2 Å². The highest BCUT2D eigenvalue weighted by Crippen LogP contribution is 2.24. The number of urea groups is 1. The number of carbonyl (C=O) groups is 2. The monoisotopic (exact) mass is 317 g/mol. The molecule has 2 aromatic carbocycles. The summed E-state index contributed by atoms with van der Waals surface area (Å²) in [6.45, 7) is -0.0466. The number of imide groups is 1. The van der Waals surface area contributed by atoms with Gasteiger partial charge >= 0.3 is 6.03 Å². The van der Waals surface area contributed by atoms with Crippen LogP contribution in [0.3, 0.4) is 0 Å². The van der Waals surface area contributed by atoms with Crippen LogP contribution in [0, 0.1) is 0 Å². The van der Waals surface area contributed by atoms with E-state index in [0.29, 0.717) is 5.02 Å². The Morgan fingerprint density at radius 1 is 1.05 bits per heavy atom. The molecule has 0 aliphatic carbocycles. The van der Waals surface area contributed by atoms with Gasteiger partial charge in [0, 0.05) is 5.02 Å². The van der Waals surface area contributed by atoms with Gasteiger partial charge in [-0.05, 0) is 23.3 Å². The van der Waals surface area contributed by atoms with Gasteiger partial charge in [-0.1, -0.05) is 54.1 Å². The molecule has 0 radical (unpaired) electrons. The van der Waals surface area contributed by atoms with Crippen molar-refractivity contribution in [2.45, 2.75) is 6.04 Å². The molecule has 1 atom stereocenters. The van der Waals surface area contributed by atoms with E-state index in [1.165, 1.54) is 0 Å². The number of halogens is 1. The first-order valence-corrected chi connectivity index (χ1v) is 7.07. The number of benzene rings is 2. The van der Waals surface area contributed by atoms with Gasteiger partial charge in [0.05, 0.1) is 12.6 Å². The molecule has 0 spiro atoms. The van der Waals surface area contributed by atoms with Gasteiger partial charge in [0.25, 0.3) is 0 Å². The van der Waals surface area contributed by atoms with Crippen molar-refractivity contribution < 1.29 is 9.59 Å². The Morgan fingerprint density at radius 3 is 2.36 bits per heavy atom. The molecule has 5 nitrogen and oxygen atoms in total. The lowest BCUT2D eigenvalue weighted by molar-refractivity contribution is -0.119. The number of amides is 3. The maximum atomic E-state index is 11.6. The maximum Gasteiger partial charge on any atom is 0.318 e. The van der Waals surface area contributed by atoms with Crippen LogP contribution < -0.4 is 16.4 Å². The molecular weight excluding hydrogens is 302 g/mol. The summed E-state index contributed by atoms with van der Waals surface area (Å²) in [5.74, 6) is -0.490. The number of nitrogens with one attached hydrogen (secondary N) is 2. The van der Waals surface area contributed by atoms with Gasteiger partial charge in [-0.25, -0.2) is 4.79 Å². The Hall–Kier alpha value is -2.37. The number of hydrogen-bond acceptors (Lipinski definition) is 3. The largest absolute Gasteiger partial charge is 0.351 e. The molecule has 4 N–H and O–H groups in total. The topological polar surface area (TPSA) is 84.2 Å². The Balaban J connectivity index is 2.19. The fraction of sp³-hybridized carbons (Fsp3) is 0.125. The molecule has 0 saturated heterocycles. The molecule has 2 rings (SSSR count). The lowest BCUT2D eigenvalue weighted by atomic mass is 9.99. The fourth-order valence-corrected chi connectivity index (χ4v) is 2.33. The molecule has 3 amide bonds. The van der Waals surface area contributed by atoms with E-state index in [-0.39, 0.29) is 12.6 Å². The SMILES string of the molecule is NC(=O)NC(=O)CN[C@@H](c1ccccc1)c1cccc(Cl)c1. The zero-order valence-electron chi connectivity index (χ0n) is 11.8. The molecule has 6 heteroatoms. The van der Waals surface area contributed by atoms with Crippen LogP contribution in [0.5, 0.6) is 0 Å². The third-order valence-electron chi connectivity index (χ3n) is 3.04. The van der Waals surface area contributed by atoms with Crippen LogP contribution in [0.4, 0.5) is 4.79 Å². The second-order valence-electron chi connectivity index (χ2n) is 4.69. The molecule has 0 aliphatic heterocycles. The van der Waals surface area contributed by atoms with E-state index in [4.69, 9.17) is 17.3 Å². The number of rotatable bonds is 5. The highest BCUT2D eigenvalue weighted by molar-refractivity contribution is 6.30. The van der Waals surface area contributed by atoms with Gasteiger partial charge in [0.2, 0.25) is 5.91 Å². The third kappa shape index (κ3) is 4.58. The Labute approximate surface area is 133 Å². The van der Waals surface area contributed by atoms with Crippen molar-refractivity contribution in [2.75, 3.05) is 6.54 Å². The number of carbonyl (C=O) groups excluding carboxylic acids is 2. The van der Waals surface area contributed by atoms with Gasteiger partial charge in [-0.3, -0.25) is 15.4 Å². The van der Waals surface area contributed by atoms with E-state index in [9.17, 15) is 9.59 Å². The van der Waals surface area contributed by atoms with Gasteiger partial charge in [-0.2, -0.15) is 0 Å². The average Bonchev–Trinajstić information content (AvgIpc) is 2.48. The van der Waals surface area contributed by atoms with E-state index < -0.39 is 11.9 Å². The summed E-state index contributed by atoms with van der Waals surface area (Å²) in [5.41, 5.74) is 6.83. The molecule has 0 unspecified atom stereocenters. The molecule has 0 saturated carbocycles. The summed E-state index contributed by atoms with van der Waals surface area (Å²) in [6, 6.07) is 15.9. The fourth-order valence-electron chi connectivity index (χ4n) is 2.14. The summed E-state index contributed by atoms with van der Waals surface area (Å²) in [4.78, 5) is 22.3. The van der Waals surface area contributed by atoms with Crippen LogP contribution >= 0.6 is 11.6 Å². The number of primary amides is 1. The minimum atomic E-state index is -0.870. The lowest BCUT2D eigenvalue weighted by Gasteiger charge is -2.19. The zero-order chi connectivity index (χ0) is 15.9. The minimum Gasteiger partial charge on any atom is -0.351 e. The maximum absolute atomic E-state index is 11.6. The minimum absolute atomic E-state index is 0.0466. The summed E-state index contributed by atoms with van der Waals surface area (Å²) in [6.07, 6.45) is 0. The second kappa shape index (κ2) is 7.59. The van der Waals surface area contributed by atoms with Crippen molar-refractivity contribution in [1.82, 2.24) is 10.6 Å². The Bertz CT molecular complexity index is 661. The molecule has 0 aromatic heterocycles. The first-order valence-electron chi connectivity index (χ1n) is 6.69. The summed E-state index contributed by atoms with van der Waals surface area (Å²) in [5, 5.41) is 5.74. The van der Waals surface area contributed by atoms with E-state index >= 15 is 0 Å². The van der Waals surface area contributed by atoms with Crippen LogP contribution in [-0.4, -0.2) is 18.5 Å². The van der Waals surface area contributed by atoms with E-state index in [0.717, 1.165) is 11.1 Å². The van der Waals surface area contributed by atoms with Crippen molar-refractivity contribution in [3.63, 3.8) is 0 Å². The van der Waals surface area contributed by atoms with Crippen molar-refractivity contribution >= 4 is 23.5 Å². The zero-order valence-corrected chi connectivity index (χ0v) is 12.5. The lowest BCUT2D eigenvalue weighted by Crippen LogP contribution is -2.41. The van der Waals surface area contributed by atoms with Crippen LogP contribution in [0.15, 0.2) is 54.6 Å². The molecule has 2 aromatic rings. The Kier molecular flexibility index (Phi) is 5.52. The highest BCUT2D eigenvalue weighted by atomic mass is 35.5. The molecular formula is C16H16ClN3O2. The second-order valence-corrected chi connectivity index (χ2v) is 5.13. The van der Waals surface area contributed by atoms with E-state index in [1.54, 1.807) is 6.07 Å². The van der Waals surface area contributed by atoms with Crippen molar-refractivity contribution in [2.24, 2.45) is 5.73 Å². The molecule has 0 bridgehead atoms. The summed E-state index contributed by atoms with van der Waals surface area (Å²) in [7, 11) is 0. The van der Waals surface area contributed by atoms with Gasteiger partial charge in [-0.15, -0.1) is 0 Å². The van der Waals surface area contributed by atoms with Gasteiger partial charge in [0.15, 0.2) is 0 Å². The molecule has 0 aliphatic rings. The Morgan fingerprint density at radius 2 is 1.73 bits per heavy atom. The molecule has 0 fully saturated rings. The first-order chi connectivity index (χ1) is 10.6. The third-order valence-corrected chi connectivity index (χ3v) is 3.28. The average molecular weight is 318 g/mol. The summed E-state index contributed by atoms with van der Waals surface area (Å²) < 4.78 is 0. The van der Waals surface area contributed by atoms with Crippen molar-refractivity contribution in [3.05, 3.63) is 70.7 Å².